The fraction of sp³-hybridized carbons (Fsp3) is 1.00. The first-order valence-corrected chi connectivity index (χ1v) is 6.78. The quantitative estimate of drug-likeness (QED) is 0.586. The molecule has 0 aliphatic carbocycles. The van der Waals surface area contributed by atoms with Crippen molar-refractivity contribution in [3.05, 3.63) is 0 Å². The summed E-state index contributed by atoms with van der Waals surface area (Å²) in [6, 6.07) is 0. The van der Waals surface area contributed by atoms with Gasteiger partial charge < -0.3 is 10.5 Å². The van der Waals surface area contributed by atoms with Gasteiger partial charge in [0, 0.05) is 13.1 Å². The molecule has 1 unspecified atom stereocenters. The van der Waals surface area contributed by atoms with E-state index in [1.807, 2.05) is 13.8 Å². The summed E-state index contributed by atoms with van der Waals surface area (Å²) in [5, 5.41) is -0.503. The zero-order chi connectivity index (χ0) is 11.9. The van der Waals surface area contributed by atoms with Gasteiger partial charge in [-0.1, -0.05) is 6.92 Å². The van der Waals surface area contributed by atoms with E-state index < -0.39 is 15.3 Å². The largest absolute Gasteiger partial charge is 0.377 e. The van der Waals surface area contributed by atoms with E-state index in [2.05, 4.69) is 4.72 Å². The van der Waals surface area contributed by atoms with Gasteiger partial charge in [-0.15, -0.1) is 0 Å². The van der Waals surface area contributed by atoms with E-state index >= 15 is 0 Å². The molecule has 6 heteroatoms. The second-order valence-corrected chi connectivity index (χ2v) is 5.67. The molecule has 0 saturated heterocycles. The summed E-state index contributed by atoms with van der Waals surface area (Å²) in [7, 11) is -3.28. The second-order valence-electron chi connectivity index (χ2n) is 3.62. The molecule has 0 fully saturated rings. The number of sulfonamides is 1. The molecule has 1 atom stereocenters. The van der Waals surface area contributed by atoms with E-state index in [-0.39, 0.29) is 12.6 Å². The highest BCUT2D eigenvalue weighted by molar-refractivity contribution is 7.90. The number of hydrogen-bond donors (Lipinski definition) is 2. The Morgan fingerprint density at radius 1 is 1.40 bits per heavy atom. The average molecular weight is 238 g/mol. The van der Waals surface area contributed by atoms with Gasteiger partial charge in [-0.05, 0) is 20.3 Å². The number of rotatable bonds is 8. The molecule has 0 amide bonds. The zero-order valence-electron chi connectivity index (χ0n) is 9.69. The van der Waals surface area contributed by atoms with E-state index in [1.165, 1.54) is 0 Å². The molecule has 0 spiro atoms. The predicted octanol–water partition coefficient (Wildman–Crippen LogP) is 0.0681. The van der Waals surface area contributed by atoms with Crippen LogP contribution < -0.4 is 10.5 Å². The molecule has 0 aromatic carbocycles. The molecule has 3 N–H and O–H groups in total. The lowest BCUT2D eigenvalue weighted by Gasteiger charge is -2.15. The van der Waals surface area contributed by atoms with Gasteiger partial charge in [0.25, 0.3) is 0 Å². The minimum absolute atomic E-state index is 0.117. The Morgan fingerprint density at radius 2 is 2.00 bits per heavy atom. The van der Waals surface area contributed by atoms with E-state index in [9.17, 15) is 8.42 Å². The Kier molecular flexibility index (Phi) is 7.08. The van der Waals surface area contributed by atoms with Crippen molar-refractivity contribution >= 4 is 10.0 Å². The Hall–Kier alpha value is -0.170. The van der Waals surface area contributed by atoms with Crippen molar-refractivity contribution in [2.45, 2.75) is 38.5 Å². The number of ether oxygens (including phenoxy) is 1. The molecular formula is C9H22N2O3S. The monoisotopic (exact) mass is 238 g/mol. The maximum absolute atomic E-state index is 11.6. The number of hydrogen-bond acceptors (Lipinski definition) is 4. The van der Waals surface area contributed by atoms with Crippen LogP contribution in [0.4, 0.5) is 0 Å². The van der Waals surface area contributed by atoms with Crippen molar-refractivity contribution < 1.29 is 13.2 Å². The molecule has 0 radical (unpaired) electrons. The lowest BCUT2D eigenvalue weighted by Crippen LogP contribution is -2.40. The molecule has 0 aromatic rings. The summed E-state index contributed by atoms with van der Waals surface area (Å²) in [5.74, 6) is 0. The van der Waals surface area contributed by atoms with Crippen LogP contribution in [0.1, 0.15) is 27.2 Å². The minimum Gasteiger partial charge on any atom is -0.377 e. The highest BCUT2D eigenvalue weighted by Crippen LogP contribution is 2.01. The lowest BCUT2D eigenvalue weighted by atomic mass is 10.3. The van der Waals surface area contributed by atoms with Crippen LogP contribution >= 0.6 is 0 Å². The van der Waals surface area contributed by atoms with Crippen LogP contribution in [-0.4, -0.2) is 39.5 Å². The van der Waals surface area contributed by atoms with Crippen molar-refractivity contribution in [3.8, 4) is 0 Å². The Labute approximate surface area is 92.4 Å². The summed E-state index contributed by atoms with van der Waals surface area (Å²) < 4.78 is 30.9. The Bertz CT molecular complexity index is 248. The minimum atomic E-state index is -3.28. The van der Waals surface area contributed by atoms with Crippen LogP contribution in [0, 0.1) is 0 Å². The van der Waals surface area contributed by atoms with Gasteiger partial charge in [0.15, 0.2) is 0 Å². The van der Waals surface area contributed by atoms with Gasteiger partial charge in [0.1, 0.15) is 0 Å². The maximum Gasteiger partial charge on any atom is 0.215 e. The first kappa shape index (κ1) is 14.8. The van der Waals surface area contributed by atoms with Crippen LogP contribution in [-0.2, 0) is 14.8 Å². The van der Waals surface area contributed by atoms with E-state index in [0.717, 1.165) is 0 Å². The van der Waals surface area contributed by atoms with E-state index in [4.69, 9.17) is 10.5 Å². The second kappa shape index (κ2) is 7.16. The average Bonchev–Trinajstić information content (AvgIpc) is 2.14. The summed E-state index contributed by atoms with van der Waals surface area (Å²) in [4.78, 5) is 0. The van der Waals surface area contributed by atoms with Crippen LogP contribution in [0.25, 0.3) is 0 Å². The fourth-order valence-corrected chi connectivity index (χ4v) is 2.40. The molecule has 0 heterocycles. The van der Waals surface area contributed by atoms with E-state index in [0.29, 0.717) is 19.6 Å². The molecule has 0 rings (SSSR count). The summed E-state index contributed by atoms with van der Waals surface area (Å²) in [6.07, 6.45) is 0.641. The van der Waals surface area contributed by atoms with Crippen LogP contribution in [0.15, 0.2) is 0 Å². The molecule has 0 aliphatic rings. The highest BCUT2D eigenvalue weighted by atomic mass is 32.2. The molecule has 15 heavy (non-hydrogen) atoms. The van der Waals surface area contributed by atoms with Crippen molar-refractivity contribution in [2.75, 3.05) is 19.7 Å². The molecule has 0 bridgehead atoms. The van der Waals surface area contributed by atoms with E-state index in [1.54, 1.807) is 6.92 Å². The van der Waals surface area contributed by atoms with Crippen molar-refractivity contribution in [2.24, 2.45) is 5.73 Å². The first-order valence-electron chi connectivity index (χ1n) is 5.24. The lowest BCUT2D eigenvalue weighted by molar-refractivity contribution is 0.0833. The number of nitrogens with two attached hydrogens (primary N) is 1. The van der Waals surface area contributed by atoms with Gasteiger partial charge in [-0.2, -0.15) is 0 Å². The van der Waals surface area contributed by atoms with Crippen LogP contribution in [0.2, 0.25) is 0 Å². The SMILES string of the molecule is CCC(CN)S(=O)(=O)NCCOC(C)C. The van der Waals surface area contributed by atoms with Gasteiger partial charge in [-0.3, -0.25) is 0 Å². The number of nitrogens with one attached hydrogen (secondary N) is 1. The van der Waals surface area contributed by atoms with Crippen molar-refractivity contribution in [1.82, 2.24) is 4.72 Å². The molecule has 0 saturated carbocycles. The third kappa shape index (κ3) is 6.09. The maximum atomic E-state index is 11.6. The van der Waals surface area contributed by atoms with Gasteiger partial charge in [0.2, 0.25) is 10.0 Å². The van der Waals surface area contributed by atoms with Gasteiger partial charge in [0.05, 0.1) is 18.0 Å². The molecule has 0 aliphatic heterocycles. The predicted molar refractivity (Wildman–Crippen MR) is 61.1 cm³/mol. The standard InChI is InChI=1S/C9H22N2O3S/c1-4-9(7-10)15(12,13)11-5-6-14-8(2)3/h8-9,11H,4-7,10H2,1-3H3. The Morgan fingerprint density at radius 3 is 2.40 bits per heavy atom. The van der Waals surface area contributed by atoms with Gasteiger partial charge >= 0.3 is 0 Å². The summed E-state index contributed by atoms with van der Waals surface area (Å²) in [6.45, 7) is 6.46. The van der Waals surface area contributed by atoms with Crippen LogP contribution in [0.5, 0.6) is 0 Å². The van der Waals surface area contributed by atoms with Crippen LogP contribution in [0.3, 0.4) is 0 Å². The smallest absolute Gasteiger partial charge is 0.215 e. The summed E-state index contributed by atoms with van der Waals surface area (Å²) >= 11 is 0. The molecule has 5 nitrogen and oxygen atoms in total. The molecule has 0 aromatic heterocycles. The van der Waals surface area contributed by atoms with Crippen molar-refractivity contribution in [1.29, 1.82) is 0 Å². The highest BCUT2D eigenvalue weighted by Gasteiger charge is 2.21. The zero-order valence-corrected chi connectivity index (χ0v) is 10.5. The van der Waals surface area contributed by atoms with Gasteiger partial charge in [-0.25, -0.2) is 13.1 Å². The fourth-order valence-electron chi connectivity index (χ4n) is 1.11. The topological polar surface area (TPSA) is 81.4 Å². The van der Waals surface area contributed by atoms with Crippen molar-refractivity contribution in [3.63, 3.8) is 0 Å². The third-order valence-corrected chi connectivity index (χ3v) is 4.02. The Balaban J connectivity index is 3.94. The summed E-state index contributed by atoms with van der Waals surface area (Å²) in [5.41, 5.74) is 5.37. The third-order valence-electron chi connectivity index (χ3n) is 2.01. The normalized spacial score (nSPS) is 14.5. The molecule has 92 valence electrons. The molecular weight excluding hydrogens is 216 g/mol. The first-order chi connectivity index (χ1) is 6.94.